The molecule has 0 unspecified atom stereocenters. The van der Waals surface area contributed by atoms with Crippen LogP contribution in [0, 0.1) is 0 Å². The highest BCUT2D eigenvalue weighted by Gasteiger charge is 2.29. The molecule has 0 bridgehead atoms. The Morgan fingerprint density at radius 1 is 0.929 bits per heavy atom. The smallest absolute Gasteiger partial charge is 0.244 e. The number of amides is 1. The number of nitrogens with one attached hydrogen (secondary N) is 1. The first-order valence-corrected chi connectivity index (χ1v) is 11.5. The maximum atomic E-state index is 12.8. The molecule has 0 aliphatic heterocycles. The number of aryl methyl sites for hydroxylation is 2. The van der Waals surface area contributed by atoms with Gasteiger partial charge in [-0.2, -0.15) is 0 Å². The monoisotopic (exact) mass is 402 g/mol. The highest BCUT2D eigenvalue weighted by Crippen LogP contribution is 2.22. The molecule has 0 aliphatic rings. The largest absolute Gasteiger partial charge is 0.348 e. The van der Waals surface area contributed by atoms with Gasteiger partial charge in [0.25, 0.3) is 0 Å². The molecule has 2 aromatic carbocycles. The zero-order chi connectivity index (χ0) is 20.9. The molecule has 0 radical (unpaired) electrons. The molecule has 0 fully saturated rings. The lowest BCUT2D eigenvalue weighted by Gasteiger charge is -2.29. The van der Waals surface area contributed by atoms with Gasteiger partial charge < -0.3 is 5.32 Å². The van der Waals surface area contributed by atoms with Gasteiger partial charge >= 0.3 is 0 Å². The highest BCUT2D eigenvalue weighted by molar-refractivity contribution is 7.92. The Hall–Kier alpha value is -2.34. The van der Waals surface area contributed by atoms with Gasteiger partial charge in [0.05, 0.1) is 18.0 Å². The van der Waals surface area contributed by atoms with Crippen LogP contribution in [0.5, 0.6) is 0 Å². The molecule has 2 aromatic rings. The second-order valence-corrected chi connectivity index (χ2v) is 8.94. The summed E-state index contributed by atoms with van der Waals surface area (Å²) in [7, 11) is -3.62. The van der Waals surface area contributed by atoms with Crippen molar-refractivity contribution >= 4 is 21.6 Å². The van der Waals surface area contributed by atoms with Crippen molar-refractivity contribution in [2.75, 3.05) is 10.6 Å². The van der Waals surface area contributed by atoms with E-state index in [2.05, 4.69) is 12.2 Å². The Morgan fingerprint density at radius 3 is 1.82 bits per heavy atom. The average Bonchev–Trinajstić information content (AvgIpc) is 2.67. The molecule has 5 nitrogen and oxygen atoms in total. The molecule has 1 amide bonds. The lowest BCUT2D eigenvalue weighted by atomic mass is 10.0. The molecule has 0 aromatic heterocycles. The number of carbonyl (C=O) groups excluding carboxylic acids is 1. The van der Waals surface area contributed by atoms with Crippen molar-refractivity contribution in [1.29, 1.82) is 0 Å². The zero-order valence-corrected chi connectivity index (χ0v) is 18.1. The third-order valence-electron chi connectivity index (χ3n) is 4.93. The van der Waals surface area contributed by atoms with Gasteiger partial charge in [0, 0.05) is 0 Å². The summed E-state index contributed by atoms with van der Waals surface area (Å²) < 4.78 is 26.0. The number of rotatable bonds is 8. The van der Waals surface area contributed by atoms with Crippen LogP contribution in [0.25, 0.3) is 0 Å². The first-order valence-electron chi connectivity index (χ1n) is 9.64. The van der Waals surface area contributed by atoms with E-state index in [1.165, 1.54) is 9.87 Å². The van der Waals surface area contributed by atoms with E-state index in [-0.39, 0.29) is 11.9 Å². The van der Waals surface area contributed by atoms with Gasteiger partial charge in [0.15, 0.2) is 0 Å². The summed E-state index contributed by atoms with van der Waals surface area (Å²) in [5, 5.41) is 2.93. The van der Waals surface area contributed by atoms with Crippen LogP contribution in [0.2, 0.25) is 0 Å². The molecule has 6 heteroatoms. The molecule has 0 saturated carbocycles. The van der Waals surface area contributed by atoms with Crippen LogP contribution in [0.3, 0.4) is 0 Å². The van der Waals surface area contributed by atoms with E-state index in [0.717, 1.165) is 30.2 Å². The van der Waals surface area contributed by atoms with Crippen molar-refractivity contribution in [1.82, 2.24) is 5.32 Å². The average molecular weight is 403 g/mol. The molecule has 2 atom stereocenters. The summed E-state index contributed by atoms with van der Waals surface area (Å²) in [6.07, 6.45) is 2.94. The van der Waals surface area contributed by atoms with Crippen molar-refractivity contribution < 1.29 is 13.2 Å². The number of hydrogen-bond acceptors (Lipinski definition) is 3. The van der Waals surface area contributed by atoms with Crippen molar-refractivity contribution in [3.63, 3.8) is 0 Å². The fraction of sp³-hybridized carbons (Fsp3) is 0.409. The van der Waals surface area contributed by atoms with Gasteiger partial charge in [-0.15, -0.1) is 0 Å². The van der Waals surface area contributed by atoms with Gasteiger partial charge in [-0.1, -0.05) is 50.2 Å². The van der Waals surface area contributed by atoms with Crippen LogP contribution in [-0.4, -0.2) is 26.6 Å². The van der Waals surface area contributed by atoms with Gasteiger partial charge in [-0.3, -0.25) is 9.10 Å². The quantitative estimate of drug-likeness (QED) is 0.729. The minimum Gasteiger partial charge on any atom is -0.348 e. The van der Waals surface area contributed by atoms with Crippen LogP contribution in [-0.2, 0) is 27.7 Å². The van der Waals surface area contributed by atoms with Crippen LogP contribution < -0.4 is 9.62 Å². The van der Waals surface area contributed by atoms with Gasteiger partial charge in [-0.05, 0) is 55.5 Å². The number of nitrogens with zero attached hydrogens (tertiary/aromatic N) is 1. The summed E-state index contributed by atoms with van der Waals surface area (Å²) in [5.74, 6) is -0.336. The number of anilines is 1. The maximum Gasteiger partial charge on any atom is 0.244 e. The first kappa shape index (κ1) is 22.0. The van der Waals surface area contributed by atoms with Crippen molar-refractivity contribution in [2.45, 2.75) is 52.6 Å². The normalized spacial score (nSPS) is 13.6. The van der Waals surface area contributed by atoms with E-state index in [9.17, 15) is 13.2 Å². The minimum absolute atomic E-state index is 0.218. The second-order valence-electron chi connectivity index (χ2n) is 7.08. The SMILES string of the molecule is CCc1ccc([C@@H](C)NC(=O)[C@H](C)N(c2ccc(CC)cc2)S(C)(=O)=O)cc1. The van der Waals surface area contributed by atoms with E-state index < -0.39 is 16.1 Å². The molecular weight excluding hydrogens is 372 g/mol. The molecule has 28 heavy (non-hydrogen) atoms. The Morgan fingerprint density at radius 2 is 1.39 bits per heavy atom. The summed E-state index contributed by atoms with van der Waals surface area (Å²) >= 11 is 0. The van der Waals surface area contributed by atoms with Crippen LogP contribution in [0.15, 0.2) is 48.5 Å². The fourth-order valence-corrected chi connectivity index (χ4v) is 4.32. The molecule has 0 spiro atoms. The summed E-state index contributed by atoms with van der Waals surface area (Å²) in [6, 6.07) is 14.3. The number of carbonyl (C=O) groups is 1. The van der Waals surface area contributed by atoms with Crippen molar-refractivity contribution in [2.24, 2.45) is 0 Å². The molecule has 0 heterocycles. The minimum atomic E-state index is -3.62. The maximum absolute atomic E-state index is 12.8. The molecule has 0 aliphatic carbocycles. The molecular formula is C22H30N2O3S. The van der Waals surface area contributed by atoms with Gasteiger partial charge in [0.1, 0.15) is 6.04 Å². The fourth-order valence-electron chi connectivity index (χ4n) is 3.15. The van der Waals surface area contributed by atoms with E-state index in [1.54, 1.807) is 19.1 Å². The van der Waals surface area contributed by atoms with E-state index >= 15 is 0 Å². The highest BCUT2D eigenvalue weighted by atomic mass is 32.2. The van der Waals surface area contributed by atoms with Crippen LogP contribution >= 0.6 is 0 Å². The molecule has 1 N–H and O–H groups in total. The first-order chi connectivity index (χ1) is 13.2. The van der Waals surface area contributed by atoms with E-state index in [0.29, 0.717) is 5.69 Å². The van der Waals surface area contributed by atoms with Crippen LogP contribution in [0.1, 0.15) is 50.4 Å². The van der Waals surface area contributed by atoms with Crippen molar-refractivity contribution in [3.8, 4) is 0 Å². The second kappa shape index (κ2) is 9.24. The van der Waals surface area contributed by atoms with Gasteiger partial charge in [0.2, 0.25) is 15.9 Å². The predicted molar refractivity (Wildman–Crippen MR) is 115 cm³/mol. The lowest BCUT2D eigenvalue weighted by Crippen LogP contribution is -2.48. The predicted octanol–water partition coefficient (Wildman–Crippen LogP) is 3.84. The lowest BCUT2D eigenvalue weighted by molar-refractivity contribution is -0.122. The molecule has 152 valence electrons. The Balaban J connectivity index is 2.20. The Labute approximate surface area is 168 Å². The van der Waals surface area contributed by atoms with Crippen LogP contribution in [0.4, 0.5) is 5.69 Å². The van der Waals surface area contributed by atoms with Crippen molar-refractivity contribution in [3.05, 3.63) is 65.2 Å². The summed E-state index contributed by atoms with van der Waals surface area (Å²) in [6.45, 7) is 7.63. The number of hydrogen-bond donors (Lipinski definition) is 1. The Bertz CT molecular complexity index is 890. The summed E-state index contributed by atoms with van der Waals surface area (Å²) in [4.78, 5) is 12.8. The van der Waals surface area contributed by atoms with Gasteiger partial charge in [-0.25, -0.2) is 8.42 Å². The zero-order valence-electron chi connectivity index (χ0n) is 17.3. The topological polar surface area (TPSA) is 66.5 Å². The standard InChI is InChI=1S/C22H30N2O3S/c1-6-18-8-12-20(13-9-18)16(3)23-22(25)17(4)24(28(5,26)27)21-14-10-19(7-2)11-15-21/h8-17H,6-7H2,1-5H3,(H,23,25)/t16-,17+/m1/s1. The number of sulfonamides is 1. The third kappa shape index (κ3) is 5.35. The molecule has 0 saturated heterocycles. The van der Waals surface area contributed by atoms with E-state index in [1.807, 2.05) is 50.2 Å². The van der Waals surface area contributed by atoms with E-state index in [4.69, 9.17) is 0 Å². The number of benzene rings is 2. The third-order valence-corrected chi connectivity index (χ3v) is 6.18. The summed E-state index contributed by atoms with van der Waals surface area (Å²) in [5.41, 5.74) is 3.81. The Kier molecular flexibility index (Phi) is 7.24. The molecule has 2 rings (SSSR count).